The van der Waals surface area contributed by atoms with Gasteiger partial charge in [-0.25, -0.2) is 0 Å². The summed E-state index contributed by atoms with van der Waals surface area (Å²) in [5.41, 5.74) is 8.47. The van der Waals surface area contributed by atoms with Gasteiger partial charge < -0.3 is 10.6 Å². The van der Waals surface area contributed by atoms with Crippen LogP contribution in [0.4, 0.5) is 0 Å². The molecule has 2 N–H and O–H groups in total. The van der Waals surface area contributed by atoms with E-state index < -0.39 is 0 Å². The van der Waals surface area contributed by atoms with E-state index in [0.717, 1.165) is 30.3 Å². The molecule has 106 valence electrons. The highest BCUT2D eigenvalue weighted by molar-refractivity contribution is 9.10. The predicted octanol–water partition coefficient (Wildman–Crippen LogP) is 2.88. The monoisotopic (exact) mass is 346 g/mol. The summed E-state index contributed by atoms with van der Waals surface area (Å²) in [4.78, 5) is 14.1. The summed E-state index contributed by atoms with van der Waals surface area (Å²) in [6.45, 7) is 3.50. The summed E-state index contributed by atoms with van der Waals surface area (Å²) < 4.78 is 1.08. The molecule has 1 aromatic carbocycles. The lowest BCUT2D eigenvalue weighted by Crippen LogP contribution is -2.45. The Bertz CT molecular complexity index is 453. The van der Waals surface area contributed by atoms with Gasteiger partial charge in [0.25, 0.3) is 0 Å². The quantitative estimate of drug-likeness (QED) is 0.914. The molecule has 0 spiro atoms. The van der Waals surface area contributed by atoms with Crippen LogP contribution in [0.1, 0.15) is 30.9 Å². The van der Waals surface area contributed by atoms with Crippen molar-refractivity contribution in [3.63, 3.8) is 0 Å². The summed E-state index contributed by atoms with van der Waals surface area (Å²) in [5, 5.41) is 0. The zero-order chi connectivity index (χ0) is 13.1. The molecule has 1 unspecified atom stereocenters. The average Bonchev–Trinajstić information content (AvgIpc) is 2.38. The molecule has 1 aliphatic heterocycles. The van der Waals surface area contributed by atoms with Crippen molar-refractivity contribution < 1.29 is 4.79 Å². The van der Waals surface area contributed by atoms with Gasteiger partial charge in [-0.2, -0.15) is 0 Å². The van der Waals surface area contributed by atoms with Crippen LogP contribution in [0.15, 0.2) is 22.7 Å². The third-order valence-electron chi connectivity index (χ3n) is 3.44. The molecule has 0 saturated carbocycles. The van der Waals surface area contributed by atoms with Crippen molar-refractivity contribution >= 4 is 34.2 Å². The summed E-state index contributed by atoms with van der Waals surface area (Å²) in [6.07, 6.45) is 2.62. The zero-order valence-corrected chi connectivity index (χ0v) is 13.5. The van der Waals surface area contributed by atoms with E-state index in [1.54, 1.807) is 0 Å². The second-order valence-corrected chi connectivity index (χ2v) is 5.64. The molecule has 0 aliphatic carbocycles. The molecule has 0 bridgehead atoms. The van der Waals surface area contributed by atoms with E-state index in [1.165, 1.54) is 11.1 Å². The van der Waals surface area contributed by atoms with Crippen LogP contribution in [0.3, 0.4) is 0 Å². The lowest BCUT2D eigenvalue weighted by Gasteiger charge is -2.31. The summed E-state index contributed by atoms with van der Waals surface area (Å²) in [5.74, 6) is 0.0817. The van der Waals surface area contributed by atoms with Gasteiger partial charge in [-0.3, -0.25) is 4.79 Å². The Morgan fingerprint density at radius 1 is 1.53 bits per heavy atom. The molecular formula is C14H20BrClN2O. The van der Waals surface area contributed by atoms with Gasteiger partial charge in [-0.15, -0.1) is 12.4 Å². The first-order valence-corrected chi connectivity index (χ1v) is 7.23. The number of fused-ring (bicyclic) bond motifs is 1. The molecule has 5 heteroatoms. The van der Waals surface area contributed by atoms with E-state index in [4.69, 9.17) is 5.73 Å². The number of nitrogens with two attached hydrogens (primary N) is 1. The zero-order valence-electron chi connectivity index (χ0n) is 11.1. The molecule has 0 saturated heterocycles. The molecule has 1 aromatic rings. The second kappa shape index (κ2) is 7.27. The van der Waals surface area contributed by atoms with Crippen LogP contribution < -0.4 is 5.73 Å². The van der Waals surface area contributed by atoms with Crippen molar-refractivity contribution in [2.24, 2.45) is 5.73 Å². The largest absolute Gasteiger partial charge is 0.337 e. The highest BCUT2D eigenvalue weighted by atomic mass is 79.9. The predicted molar refractivity (Wildman–Crippen MR) is 83.4 cm³/mol. The normalized spacial score (nSPS) is 15.4. The van der Waals surface area contributed by atoms with Gasteiger partial charge in [0.15, 0.2) is 0 Å². The van der Waals surface area contributed by atoms with Crippen LogP contribution in [0.2, 0.25) is 0 Å². The minimum atomic E-state index is -0.348. The fourth-order valence-electron chi connectivity index (χ4n) is 2.40. The van der Waals surface area contributed by atoms with Gasteiger partial charge in [0.1, 0.15) is 0 Å². The Balaban J connectivity index is 0.00000180. The first-order chi connectivity index (χ1) is 8.63. The molecule has 1 amide bonds. The SMILES string of the molecule is CCCC(N)C(=O)N1CCc2cccc(Br)c2C1.Cl. The molecule has 1 atom stereocenters. The summed E-state index contributed by atoms with van der Waals surface area (Å²) in [6, 6.07) is 5.86. The third kappa shape index (κ3) is 3.71. The Labute approximate surface area is 129 Å². The van der Waals surface area contributed by atoms with Gasteiger partial charge in [0, 0.05) is 17.6 Å². The van der Waals surface area contributed by atoms with E-state index in [0.29, 0.717) is 6.54 Å². The Morgan fingerprint density at radius 3 is 2.95 bits per heavy atom. The molecule has 19 heavy (non-hydrogen) atoms. The van der Waals surface area contributed by atoms with Gasteiger partial charge in [0.2, 0.25) is 5.91 Å². The summed E-state index contributed by atoms with van der Waals surface area (Å²) in [7, 11) is 0. The molecule has 0 fully saturated rings. The first kappa shape index (κ1) is 16.5. The number of amides is 1. The van der Waals surface area contributed by atoms with Gasteiger partial charge >= 0.3 is 0 Å². The van der Waals surface area contributed by atoms with Gasteiger partial charge in [-0.1, -0.05) is 41.4 Å². The van der Waals surface area contributed by atoms with Crippen LogP contribution in [0.25, 0.3) is 0 Å². The number of carbonyl (C=O) groups excluding carboxylic acids is 1. The maximum Gasteiger partial charge on any atom is 0.239 e. The maximum absolute atomic E-state index is 12.2. The van der Waals surface area contributed by atoms with E-state index in [1.807, 2.05) is 17.0 Å². The van der Waals surface area contributed by atoms with Crippen molar-refractivity contribution in [1.82, 2.24) is 4.90 Å². The Hall–Kier alpha value is -0.580. The molecular weight excluding hydrogens is 328 g/mol. The van der Waals surface area contributed by atoms with Crippen molar-refractivity contribution in [2.75, 3.05) is 6.54 Å². The lowest BCUT2D eigenvalue weighted by molar-refractivity contribution is -0.133. The van der Waals surface area contributed by atoms with Crippen molar-refractivity contribution in [2.45, 2.75) is 38.8 Å². The average molecular weight is 348 g/mol. The molecule has 3 nitrogen and oxygen atoms in total. The van der Waals surface area contributed by atoms with Gasteiger partial charge in [-0.05, 0) is 30.0 Å². The molecule has 1 heterocycles. The van der Waals surface area contributed by atoms with Crippen LogP contribution >= 0.6 is 28.3 Å². The highest BCUT2D eigenvalue weighted by Gasteiger charge is 2.25. The van der Waals surface area contributed by atoms with Gasteiger partial charge in [0.05, 0.1) is 6.04 Å². The molecule has 0 aromatic heterocycles. The first-order valence-electron chi connectivity index (χ1n) is 6.44. The minimum absolute atomic E-state index is 0. The minimum Gasteiger partial charge on any atom is -0.337 e. The fraction of sp³-hybridized carbons (Fsp3) is 0.500. The van der Waals surface area contributed by atoms with Crippen molar-refractivity contribution in [3.05, 3.63) is 33.8 Å². The fourth-order valence-corrected chi connectivity index (χ4v) is 2.93. The maximum atomic E-state index is 12.2. The smallest absolute Gasteiger partial charge is 0.239 e. The van der Waals surface area contributed by atoms with E-state index >= 15 is 0 Å². The molecule has 2 rings (SSSR count). The number of rotatable bonds is 3. The van der Waals surface area contributed by atoms with E-state index in [2.05, 4.69) is 28.9 Å². The Kier molecular flexibility index (Phi) is 6.30. The van der Waals surface area contributed by atoms with E-state index in [9.17, 15) is 4.79 Å². The molecule has 1 aliphatic rings. The van der Waals surface area contributed by atoms with Crippen LogP contribution in [0, 0.1) is 0 Å². The second-order valence-electron chi connectivity index (χ2n) is 4.78. The number of hydrogen-bond acceptors (Lipinski definition) is 2. The summed E-state index contributed by atoms with van der Waals surface area (Å²) >= 11 is 3.56. The van der Waals surface area contributed by atoms with Crippen molar-refractivity contribution in [1.29, 1.82) is 0 Å². The van der Waals surface area contributed by atoms with Crippen LogP contribution in [-0.4, -0.2) is 23.4 Å². The third-order valence-corrected chi connectivity index (χ3v) is 4.19. The topological polar surface area (TPSA) is 46.3 Å². The highest BCUT2D eigenvalue weighted by Crippen LogP contribution is 2.26. The number of hydrogen-bond donors (Lipinski definition) is 1. The standard InChI is InChI=1S/C14H19BrN2O.ClH/c1-2-4-13(16)14(18)17-8-7-10-5-3-6-12(15)11(10)9-17;/h3,5-6,13H,2,4,7-9,16H2,1H3;1H. The Morgan fingerprint density at radius 2 is 2.26 bits per heavy atom. The molecule has 0 radical (unpaired) electrons. The van der Waals surface area contributed by atoms with E-state index in [-0.39, 0.29) is 24.4 Å². The number of carbonyl (C=O) groups is 1. The number of nitrogens with zero attached hydrogens (tertiary/aromatic N) is 1. The van der Waals surface area contributed by atoms with Crippen molar-refractivity contribution in [3.8, 4) is 0 Å². The number of benzene rings is 1. The lowest BCUT2D eigenvalue weighted by atomic mass is 9.99. The van der Waals surface area contributed by atoms with Crippen LogP contribution in [-0.2, 0) is 17.8 Å². The number of halogens is 2. The van der Waals surface area contributed by atoms with Crippen LogP contribution in [0.5, 0.6) is 0 Å².